The smallest absolute Gasteiger partial charge is 0.340 e. The van der Waals surface area contributed by atoms with E-state index < -0.39 is 11.8 Å². The number of hydrogen-bond donors (Lipinski definition) is 0. The lowest BCUT2D eigenvalue weighted by Crippen LogP contribution is -2.06. The molecule has 0 heterocycles. The molecule has 0 spiro atoms. The van der Waals surface area contributed by atoms with Gasteiger partial charge >= 0.3 is 5.97 Å². The van der Waals surface area contributed by atoms with Gasteiger partial charge in [0.2, 0.25) is 0 Å². The molecule has 0 aromatic heterocycles. The molecule has 0 saturated carbocycles. The molecule has 0 atom stereocenters. The van der Waals surface area contributed by atoms with Crippen molar-refractivity contribution in [2.75, 3.05) is 7.11 Å². The molecule has 1 aromatic carbocycles. The first-order chi connectivity index (χ1) is 6.60. The summed E-state index contributed by atoms with van der Waals surface area (Å²) in [7, 11) is 1.16. The van der Waals surface area contributed by atoms with Crippen molar-refractivity contribution in [1.82, 2.24) is 0 Å². The monoisotopic (exact) mass is 305 g/mol. The lowest BCUT2D eigenvalue weighted by molar-refractivity contribution is 0.0595. The largest absolute Gasteiger partial charge is 0.465 e. The number of hydrogen-bond acceptors (Lipinski definition) is 3. The minimum atomic E-state index is -0.780. The van der Waals surface area contributed by atoms with Crippen molar-refractivity contribution >= 4 is 28.6 Å². The molecule has 1 rings (SSSR count). The summed E-state index contributed by atoms with van der Waals surface area (Å²) in [4.78, 5) is 11.1. The van der Waals surface area contributed by atoms with Gasteiger partial charge in [0.05, 0.1) is 27.9 Å². The Balaban J connectivity index is 3.36. The van der Waals surface area contributed by atoms with Crippen molar-refractivity contribution < 1.29 is 13.9 Å². The molecule has 0 fully saturated rings. The highest BCUT2D eigenvalue weighted by Gasteiger charge is 2.16. The van der Waals surface area contributed by atoms with Crippen molar-refractivity contribution in [3.8, 4) is 6.07 Å². The maximum absolute atomic E-state index is 13.3. The van der Waals surface area contributed by atoms with Crippen LogP contribution < -0.4 is 0 Å². The zero-order valence-electron chi connectivity index (χ0n) is 7.17. The Morgan fingerprint density at radius 1 is 1.64 bits per heavy atom. The predicted molar refractivity (Wildman–Crippen MR) is 55.2 cm³/mol. The molecule has 0 N–H and O–H groups in total. The highest BCUT2D eigenvalue weighted by atomic mass is 127. The van der Waals surface area contributed by atoms with Crippen molar-refractivity contribution in [1.29, 1.82) is 5.26 Å². The lowest BCUT2D eigenvalue weighted by Gasteiger charge is -2.03. The van der Waals surface area contributed by atoms with Crippen LogP contribution in [-0.4, -0.2) is 13.1 Å². The first kappa shape index (κ1) is 10.9. The maximum atomic E-state index is 13.3. The first-order valence-electron chi connectivity index (χ1n) is 3.57. The summed E-state index contributed by atoms with van der Waals surface area (Å²) >= 11 is 1.71. The van der Waals surface area contributed by atoms with Crippen LogP contribution in [-0.2, 0) is 4.74 Å². The van der Waals surface area contributed by atoms with Crippen LogP contribution in [0.15, 0.2) is 12.1 Å². The first-order valence-corrected chi connectivity index (χ1v) is 4.65. The van der Waals surface area contributed by atoms with E-state index in [2.05, 4.69) is 4.74 Å². The van der Waals surface area contributed by atoms with Crippen LogP contribution in [0.1, 0.15) is 15.9 Å². The third kappa shape index (κ3) is 2.01. The molecular formula is C9H5FINO2. The Bertz CT molecular complexity index is 426. The highest BCUT2D eigenvalue weighted by molar-refractivity contribution is 14.1. The highest BCUT2D eigenvalue weighted by Crippen LogP contribution is 2.18. The van der Waals surface area contributed by atoms with Gasteiger partial charge in [-0.05, 0) is 34.7 Å². The number of nitrogens with zero attached hydrogens (tertiary/aromatic N) is 1. The molecule has 0 unspecified atom stereocenters. The Morgan fingerprint density at radius 2 is 2.29 bits per heavy atom. The van der Waals surface area contributed by atoms with Gasteiger partial charge in [-0.3, -0.25) is 0 Å². The van der Waals surface area contributed by atoms with E-state index in [0.29, 0.717) is 0 Å². The van der Waals surface area contributed by atoms with E-state index in [4.69, 9.17) is 5.26 Å². The fourth-order valence-corrected chi connectivity index (χ4v) is 1.54. The molecule has 0 amide bonds. The van der Waals surface area contributed by atoms with Gasteiger partial charge in [0.1, 0.15) is 0 Å². The summed E-state index contributed by atoms with van der Waals surface area (Å²) in [6.07, 6.45) is 0. The van der Waals surface area contributed by atoms with Crippen LogP contribution in [0.4, 0.5) is 4.39 Å². The molecule has 0 aliphatic heterocycles. The normalized spacial score (nSPS) is 9.29. The number of ether oxygens (including phenoxy) is 1. The Hall–Kier alpha value is -1.16. The van der Waals surface area contributed by atoms with Gasteiger partial charge in [0, 0.05) is 0 Å². The zero-order chi connectivity index (χ0) is 10.7. The van der Waals surface area contributed by atoms with Gasteiger partial charge < -0.3 is 4.74 Å². The van der Waals surface area contributed by atoms with E-state index in [0.717, 1.165) is 7.11 Å². The number of benzene rings is 1. The molecule has 72 valence electrons. The Morgan fingerprint density at radius 3 is 2.79 bits per heavy atom. The molecule has 0 aliphatic rings. The van der Waals surface area contributed by atoms with Crippen molar-refractivity contribution in [2.24, 2.45) is 0 Å². The standard InChI is InChI=1S/C9H5FINO2/c1-14-9(13)6-2-5(4-12)3-7(11)8(6)10/h2-3H,1H3. The SMILES string of the molecule is COC(=O)c1cc(C#N)cc(I)c1F. The maximum Gasteiger partial charge on any atom is 0.340 e. The molecule has 0 radical (unpaired) electrons. The Labute approximate surface area is 93.6 Å². The van der Waals surface area contributed by atoms with Gasteiger partial charge in [-0.2, -0.15) is 5.26 Å². The number of rotatable bonds is 1. The number of halogens is 2. The fourth-order valence-electron chi connectivity index (χ4n) is 0.912. The summed E-state index contributed by atoms with van der Waals surface area (Å²) in [5, 5.41) is 8.60. The van der Waals surface area contributed by atoms with Gasteiger partial charge in [-0.25, -0.2) is 9.18 Å². The predicted octanol–water partition coefficient (Wildman–Crippen LogP) is 2.09. The minimum Gasteiger partial charge on any atom is -0.465 e. The number of nitriles is 1. The summed E-state index contributed by atoms with van der Waals surface area (Å²) in [6, 6.07) is 4.37. The molecular weight excluding hydrogens is 300 g/mol. The van der Waals surface area contributed by atoms with E-state index in [1.165, 1.54) is 12.1 Å². The molecule has 1 aromatic rings. The van der Waals surface area contributed by atoms with Crippen molar-refractivity contribution in [3.63, 3.8) is 0 Å². The van der Waals surface area contributed by atoms with Crippen LogP contribution in [0.3, 0.4) is 0 Å². The topological polar surface area (TPSA) is 50.1 Å². The summed E-state index contributed by atoms with van der Waals surface area (Å²) in [6.45, 7) is 0. The summed E-state index contributed by atoms with van der Waals surface area (Å²) in [5.74, 6) is -1.44. The van der Waals surface area contributed by atoms with Crippen molar-refractivity contribution in [3.05, 3.63) is 32.6 Å². The quantitative estimate of drug-likeness (QED) is 0.590. The molecule has 0 bridgehead atoms. The third-order valence-electron chi connectivity index (χ3n) is 1.56. The third-order valence-corrected chi connectivity index (χ3v) is 2.35. The zero-order valence-corrected chi connectivity index (χ0v) is 9.33. The number of carbonyl (C=O) groups is 1. The average molecular weight is 305 g/mol. The molecule has 0 aliphatic carbocycles. The number of esters is 1. The van der Waals surface area contributed by atoms with Crippen molar-refractivity contribution in [2.45, 2.75) is 0 Å². The van der Waals surface area contributed by atoms with Crippen LogP contribution in [0.5, 0.6) is 0 Å². The second-order valence-corrected chi connectivity index (χ2v) is 3.59. The molecule has 3 nitrogen and oxygen atoms in total. The van der Waals surface area contributed by atoms with Gasteiger partial charge in [0.15, 0.2) is 5.82 Å². The van der Waals surface area contributed by atoms with E-state index in [1.807, 2.05) is 6.07 Å². The molecule has 0 saturated heterocycles. The second-order valence-electron chi connectivity index (χ2n) is 2.42. The summed E-state index contributed by atoms with van der Waals surface area (Å²) in [5.41, 5.74) is 0.0205. The number of carbonyl (C=O) groups excluding carboxylic acids is 1. The van der Waals surface area contributed by atoms with Crippen LogP contribution in [0.25, 0.3) is 0 Å². The van der Waals surface area contributed by atoms with E-state index in [9.17, 15) is 9.18 Å². The second kappa shape index (κ2) is 4.37. The van der Waals surface area contributed by atoms with Gasteiger partial charge in [-0.15, -0.1) is 0 Å². The molecule has 14 heavy (non-hydrogen) atoms. The Kier molecular flexibility index (Phi) is 3.41. The van der Waals surface area contributed by atoms with Gasteiger partial charge in [0.25, 0.3) is 0 Å². The summed E-state index contributed by atoms with van der Waals surface area (Å²) < 4.78 is 17.9. The van der Waals surface area contributed by atoms with E-state index >= 15 is 0 Å². The van der Waals surface area contributed by atoms with E-state index in [1.54, 1.807) is 22.6 Å². The number of methoxy groups -OCH3 is 1. The lowest BCUT2D eigenvalue weighted by atomic mass is 10.1. The minimum absolute atomic E-state index is 0.212. The molecule has 5 heteroatoms. The van der Waals surface area contributed by atoms with Crippen LogP contribution in [0.2, 0.25) is 0 Å². The average Bonchev–Trinajstić information content (AvgIpc) is 2.20. The van der Waals surface area contributed by atoms with E-state index in [-0.39, 0.29) is 14.7 Å². The van der Waals surface area contributed by atoms with Crippen LogP contribution in [0, 0.1) is 20.7 Å². The van der Waals surface area contributed by atoms with Crippen LogP contribution >= 0.6 is 22.6 Å². The fraction of sp³-hybridized carbons (Fsp3) is 0.111. The van der Waals surface area contributed by atoms with Gasteiger partial charge in [-0.1, -0.05) is 0 Å².